The molecule has 0 aliphatic heterocycles. The lowest BCUT2D eigenvalue weighted by atomic mass is 10.2. The molecule has 1 heterocycles. The average Bonchev–Trinajstić information content (AvgIpc) is 2.96. The van der Waals surface area contributed by atoms with Gasteiger partial charge in [0.25, 0.3) is 0 Å². The van der Waals surface area contributed by atoms with E-state index in [0.717, 1.165) is 11.3 Å². The van der Waals surface area contributed by atoms with Crippen molar-refractivity contribution >= 4 is 22.5 Å². The summed E-state index contributed by atoms with van der Waals surface area (Å²) in [5.74, 6) is 1.26. The highest BCUT2D eigenvalue weighted by Crippen LogP contribution is 2.18. The van der Waals surface area contributed by atoms with Crippen molar-refractivity contribution < 1.29 is 9.53 Å². The largest absolute Gasteiger partial charge is 0.493 e. The molecule has 2 amide bonds. The molecule has 112 valence electrons. The Morgan fingerprint density at radius 2 is 2.19 bits per heavy atom. The van der Waals surface area contributed by atoms with Crippen molar-refractivity contribution in [2.24, 2.45) is 5.92 Å². The van der Waals surface area contributed by atoms with Crippen molar-refractivity contribution in [2.45, 2.75) is 20.4 Å². The highest BCUT2D eigenvalue weighted by atomic mass is 32.1. The number of hydrogen-bond acceptors (Lipinski definition) is 4. The average molecular weight is 305 g/mol. The van der Waals surface area contributed by atoms with Crippen molar-refractivity contribution in [2.75, 3.05) is 11.9 Å². The van der Waals surface area contributed by atoms with Crippen LogP contribution in [0.3, 0.4) is 0 Å². The third-order valence-corrected chi connectivity index (χ3v) is 3.33. The fourth-order valence-electron chi connectivity index (χ4n) is 1.65. The summed E-state index contributed by atoms with van der Waals surface area (Å²) in [6, 6.07) is 7.44. The zero-order valence-electron chi connectivity index (χ0n) is 12.1. The van der Waals surface area contributed by atoms with Crippen LogP contribution in [0.25, 0.3) is 0 Å². The van der Waals surface area contributed by atoms with Crippen LogP contribution in [0.1, 0.15) is 19.4 Å². The Morgan fingerprint density at radius 1 is 1.38 bits per heavy atom. The molecule has 0 bridgehead atoms. The topological polar surface area (TPSA) is 63.2 Å². The van der Waals surface area contributed by atoms with E-state index in [1.807, 2.05) is 29.6 Å². The second-order valence-corrected chi connectivity index (χ2v) is 5.85. The van der Waals surface area contributed by atoms with E-state index in [2.05, 4.69) is 29.5 Å². The van der Waals surface area contributed by atoms with Gasteiger partial charge in [-0.2, -0.15) is 0 Å². The number of carbonyl (C=O) groups is 1. The number of para-hydroxylation sites is 1. The van der Waals surface area contributed by atoms with Gasteiger partial charge < -0.3 is 10.1 Å². The van der Waals surface area contributed by atoms with Crippen LogP contribution in [0.4, 0.5) is 9.93 Å². The van der Waals surface area contributed by atoms with Crippen LogP contribution in [-0.2, 0) is 6.54 Å². The van der Waals surface area contributed by atoms with Crippen LogP contribution in [0.2, 0.25) is 0 Å². The van der Waals surface area contributed by atoms with Crippen LogP contribution >= 0.6 is 11.3 Å². The van der Waals surface area contributed by atoms with Crippen LogP contribution in [-0.4, -0.2) is 17.6 Å². The number of nitrogens with one attached hydrogen (secondary N) is 2. The second-order valence-electron chi connectivity index (χ2n) is 4.96. The van der Waals surface area contributed by atoms with Gasteiger partial charge in [-0.25, -0.2) is 9.78 Å². The second kappa shape index (κ2) is 7.64. The van der Waals surface area contributed by atoms with Crippen molar-refractivity contribution in [1.29, 1.82) is 0 Å². The first kappa shape index (κ1) is 15.3. The molecule has 0 aliphatic carbocycles. The smallest absolute Gasteiger partial charge is 0.321 e. The first-order chi connectivity index (χ1) is 10.1. The highest BCUT2D eigenvalue weighted by molar-refractivity contribution is 7.13. The number of hydrogen-bond donors (Lipinski definition) is 2. The Balaban J connectivity index is 1.88. The van der Waals surface area contributed by atoms with E-state index < -0.39 is 0 Å². The third kappa shape index (κ3) is 5.07. The zero-order valence-corrected chi connectivity index (χ0v) is 12.9. The standard InChI is InChI=1S/C15H19N3O2S/c1-11(2)10-20-13-6-4-3-5-12(13)9-17-14(19)18-15-16-7-8-21-15/h3-8,11H,9-10H2,1-2H3,(H2,16,17,18,19). The lowest BCUT2D eigenvalue weighted by Gasteiger charge is -2.13. The van der Waals surface area contributed by atoms with Crippen LogP contribution in [0.5, 0.6) is 5.75 Å². The van der Waals surface area contributed by atoms with Gasteiger partial charge in [-0.3, -0.25) is 5.32 Å². The van der Waals surface area contributed by atoms with Gasteiger partial charge in [0.05, 0.1) is 6.61 Å². The fourth-order valence-corrected chi connectivity index (χ4v) is 2.17. The molecule has 2 N–H and O–H groups in total. The molecule has 5 nitrogen and oxygen atoms in total. The number of amides is 2. The Bertz CT molecular complexity index is 570. The van der Waals surface area contributed by atoms with Gasteiger partial charge >= 0.3 is 6.03 Å². The first-order valence-electron chi connectivity index (χ1n) is 6.80. The third-order valence-electron chi connectivity index (χ3n) is 2.64. The Labute approximate surface area is 128 Å². The number of rotatable bonds is 6. The molecule has 0 atom stereocenters. The van der Waals surface area contributed by atoms with Gasteiger partial charge in [0.2, 0.25) is 0 Å². The van der Waals surface area contributed by atoms with Gasteiger partial charge in [-0.1, -0.05) is 32.0 Å². The van der Waals surface area contributed by atoms with Crippen LogP contribution < -0.4 is 15.4 Å². The number of thiazole rings is 1. The summed E-state index contributed by atoms with van der Waals surface area (Å²) < 4.78 is 5.75. The SMILES string of the molecule is CC(C)COc1ccccc1CNC(=O)Nc1nccs1. The molecule has 1 aromatic heterocycles. The zero-order chi connectivity index (χ0) is 15.1. The minimum atomic E-state index is -0.274. The van der Waals surface area contributed by atoms with Crippen LogP contribution in [0.15, 0.2) is 35.8 Å². The van der Waals surface area contributed by atoms with Crippen molar-refractivity contribution in [3.8, 4) is 5.75 Å². The van der Waals surface area contributed by atoms with E-state index in [4.69, 9.17) is 4.74 Å². The summed E-state index contributed by atoms with van der Waals surface area (Å²) in [5, 5.41) is 7.87. The Kier molecular flexibility index (Phi) is 5.57. The molecule has 0 aliphatic rings. The maximum atomic E-state index is 11.8. The van der Waals surface area contributed by atoms with Crippen molar-refractivity contribution in [1.82, 2.24) is 10.3 Å². The van der Waals surface area contributed by atoms with E-state index in [1.54, 1.807) is 6.20 Å². The molecule has 0 radical (unpaired) electrons. The maximum absolute atomic E-state index is 11.8. The van der Waals surface area contributed by atoms with E-state index in [-0.39, 0.29) is 6.03 Å². The Hall–Kier alpha value is -2.08. The predicted octanol–water partition coefficient (Wildman–Crippen LogP) is 3.50. The molecule has 0 fully saturated rings. The molecular weight excluding hydrogens is 286 g/mol. The number of nitrogens with zero attached hydrogens (tertiary/aromatic N) is 1. The molecule has 6 heteroatoms. The number of ether oxygens (including phenoxy) is 1. The van der Waals surface area contributed by atoms with E-state index >= 15 is 0 Å². The van der Waals surface area contributed by atoms with Gasteiger partial charge in [0.15, 0.2) is 5.13 Å². The number of aromatic nitrogens is 1. The molecule has 21 heavy (non-hydrogen) atoms. The van der Waals surface area contributed by atoms with Gasteiger partial charge in [-0.05, 0) is 12.0 Å². The molecule has 2 rings (SSSR count). The lowest BCUT2D eigenvalue weighted by molar-refractivity contribution is 0.250. The van der Waals surface area contributed by atoms with Gasteiger partial charge in [-0.15, -0.1) is 11.3 Å². The number of benzene rings is 1. The van der Waals surface area contributed by atoms with E-state index in [0.29, 0.717) is 24.2 Å². The summed E-state index contributed by atoms with van der Waals surface area (Å²) >= 11 is 1.38. The maximum Gasteiger partial charge on any atom is 0.321 e. The highest BCUT2D eigenvalue weighted by Gasteiger charge is 2.07. The van der Waals surface area contributed by atoms with Gasteiger partial charge in [0, 0.05) is 23.7 Å². The van der Waals surface area contributed by atoms with Crippen molar-refractivity contribution in [3.05, 3.63) is 41.4 Å². The molecule has 0 spiro atoms. The summed E-state index contributed by atoms with van der Waals surface area (Å²) in [4.78, 5) is 15.8. The van der Waals surface area contributed by atoms with E-state index in [1.165, 1.54) is 11.3 Å². The Morgan fingerprint density at radius 3 is 2.90 bits per heavy atom. The quantitative estimate of drug-likeness (QED) is 0.858. The van der Waals surface area contributed by atoms with E-state index in [9.17, 15) is 4.79 Å². The lowest BCUT2D eigenvalue weighted by Crippen LogP contribution is -2.28. The number of anilines is 1. The van der Waals surface area contributed by atoms with Crippen molar-refractivity contribution in [3.63, 3.8) is 0 Å². The predicted molar refractivity (Wildman–Crippen MR) is 84.7 cm³/mol. The minimum absolute atomic E-state index is 0.274. The summed E-state index contributed by atoms with van der Waals surface area (Å²) in [5.41, 5.74) is 0.951. The summed E-state index contributed by atoms with van der Waals surface area (Å²) in [6.45, 7) is 5.26. The molecule has 2 aromatic rings. The number of urea groups is 1. The molecule has 1 aromatic carbocycles. The van der Waals surface area contributed by atoms with Gasteiger partial charge in [0.1, 0.15) is 5.75 Å². The molecule has 0 saturated heterocycles. The minimum Gasteiger partial charge on any atom is -0.493 e. The molecule has 0 saturated carbocycles. The van der Waals surface area contributed by atoms with Crippen LogP contribution in [0, 0.1) is 5.92 Å². The normalized spacial score (nSPS) is 10.4. The molecular formula is C15H19N3O2S. The first-order valence-corrected chi connectivity index (χ1v) is 7.68. The fraction of sp³-hybridized carbons (Fsp3) is 0.333. The number of carbonyl (C=O) groups excluding carboxylic acids is 1. The molecule has 0 unspecified atom stereocenters. The summed E-state index contributed by atoms with van der Waals surface area (Å²) in [6.07, 6.45) is 1.65. The monoisotopic (exact) mass is 305 g/mol. The summed E-state index contributed by atoms with van der Waals surface area (Å²) in [7, 11) is 0.